The summed E-state index contributed by atoms with van der Waals surface area (Å²) in [6.45, 7) is 0. The van der Waals surface area contributed by atoms with Crippen molar-refractivity contribution in [3.05, 3.63) is 52.8 Å². The average molecular weight is 460 g/mol. The van der Waals surface area contributed by atoms with Crippen LogP contribution in [-0.2, 0) is 0 Å². The number of halogens is 1. The predicted octanol–water partition coefficient (Wildman–Crippen LogP) is 3.88. The van der Waals surface area contributed by atoms with Crippen LogP contribution in [0.15, 0.2) is 47.2 Å². The van der Waals surface area contributed by atoms with Crippen LogP contribution in [0.25, 0.3) is 15.5 Å². The van der Waals surface area contributed by atoms with E-state index in [1.54, 1.807) is 36.2 Å². The van der Waals surface area contributed by atoms with Crippen molar-refractivity contribution in [3.8, 4) is 22.1 Å². The summed E-state index contributed by atoms with van der Waals surface area (Å²) in [6, 6.07) is 10.7. The van der Waals surface area contributed by atoms with Gasteiger partial charge in [-0.05, 0) is 36.4 Å². The number of hydrogen-bond donors (Lipinski definition) is 1. The zero-order chi connectivity index (χ0) is 19.7. The van der Waals surface area contributed by atoms with Gasteiger partial charge in [-0.1, -0.05) is 27.3 Å². The van der Waals surface area contributed by atoms with Gasteiger partial charge < -0.3 is 14.8 Å². The monoisotopic (exact) mass is 459 g/mol. The number of carbonyl (C=O) groups is 1. The van der Waals surface area contributed by atoms with E-state index < -0.39 is 0 Å². The minimum absolute atomic E-state index is 0.313. The van der Waals surface area contributed by atoms with Gasteiger partial charge in [0, 0.05) is 10.0 Å². The van der Waals surface area contributed by atoms with Gasteiger partial charge in [-0.2, -0.15) is 9.61 Å². The Morgan fingerprint density at radius 2 is 1.93 bits per heavy atom. The van der Waals surface area contributed by atoms with Crippen molar-refractivity contribution in [1.29, 1.82) is 0 Å². The zero-order valence-electron chi connectivity index (χ0n) is 14.8. The van der Waals surface area contributed by atoms with Crippen LogP contribution < -0.4 is 14.8 Å². The minimum atomic E-state index is -0.313. The quantitative estimate of drug-likeness (QED) is 0.486. The number of nitrogens with one attached hydrogen (secondary N) is 1. The number of ether oxygens (including phenoxy) is 2. The average Bonchev–Trinajstić information content (AvgIpc) is 3.30. The highest BCUT2D eigenvalue weighted by atomic mass is 79.9. The molecule has 1 amide bonds. The van der Waals surface area contributed by atoms with E-state index >= 15 is 0 Å². The molecule has 0 aliphatic heterocycles. The zero-order valence-corrected chi connectivity index (χ0v) is 17.2. The Morgan fingerprint density at radius 1 is 1.14 bits per heavy atom. The van der Waals surface area contributed by atoms with Gasteiger partial charge in [-0.15, -0.1) is 10.2 Å². The number of aromatic nitrogens is 4. The van der Waals surface area contributed by atoms with Gasteiger partial charge in [0.2, 0.25) is 4.96 Å². The van der Waals surface area contributed by atoms with Gasteiger partial charge in [0.15, 0.2) is 0 Å². The number of fused-ring (bicyclic) bond motifs is 1. The largest absolute Gasteiger partial charge is 0.496 e. The standard InChI is InChI=1S/C18H14BrN5O3S/c1-26-14-6-4-11(19)8-12(14)16(25)21-13-7-10(3-5-15(13)27-2)17-23-24-9-20-22-18(24)28-17/h3-9H,1-2H3,(H,21,25). The topological polar surface area (TPSA) is 90.6 Å². The Morgan fingerprint density at radius 3 is 2.68 bits per heavy atom. The molecule has 2 aromatic carbocycles. The van der Waals surface area contributed by atoms with Gasteiger partial charge >= 0.3 is 0 Å². The fraction of sp³-hybridized carbons (Fsp3) is 0.111. The summed E-state index contributed by atoms with van der Waals surface area (Å²) < 4.78 is 13.1. The molecule has 4 aromatic rings. The molecule has 8 nitrogen and oxygen atoms in total. The van der Waals surface area contributed by atoms with Crippen molar-refractivity contribution in [1.82, 2.24) is 19.8 Å². The third kappa shape index (κ3) is 3.43. The lowest BCUT2D eigenvalue weighted by molar-refractivity contribution is 0.102. The highest BCUT2D eigenvalue weighted by Gasteiger charge is 2.17. The molecule has 142 valence electrons. The van der Waals surface area contributed by atoms with E-state index in [0.717, 1.165) is 15.0 Å². The number of hydrogen-bond acceptors (Lipinski definition) is 7. The number of nitrogens with zero attached hydrogens (tertiary/aromatic N) is 4. The molecule has 2 aromatic heterocycles. The number of carbonyl (C=O) groups excluding carboxylic acids is 1. The SMILES string of the molecule is COc1ccc(-c2nn3cnnc3s2)cc1NC(=O)c1cc(Br)ccc1OC. The van der Waals surface area contributed by atoms with E-state index in [-0.39, 0.29) is 5.91 Å². The second kappa shape index (κ2) is 7.56. The maximum Gasteiger partial charge on any atom is 0.259 e. The maximum absolute atomic E-state index is 12.9. The summed E-state index contributed by atoms with van der Waals surface area (Å²) in [5.74, 6) is 0.699. The van der Waals surface area contributed by atoms with Crippen LogP contribution in [0.4, 0.5) is 5.69 Å². The molecule has 4 rings (SSSR count). The Balaban J connectivity index is 1.69. The maximum atomic E-state index is 12.9. The molecule has 28 heavy (non-hydrogen) atoms. The predicted molar refractivity (Wildman–Crippen MR) is 109 cm³/mol. The number of methoxy groups -OCH3 is 2. The first kappa shape index (κ1) is 18.4. The molecule has 0 aliphatic carbocycles. The molecular weight excluding hydrogens is 446 g/mol. The molecule has 0 unspecified atom stereocenters. The second-order valence-corrected chi connectivity index (χ2v) is 7.55. The van der Waals surface area contributed by atoms with Crippen molar-refractivity contribution in [2.45, 2.75) is 0 Å². The van der Waals surface area contributed by atoms with E-state index in [0.29, 0.717) is 27.7 Å². The molecule has 0 spiro atoms. The van der Waals surface area contributed by atoms with Crippen LogP contribution >= 0.6 is 27.3 Å². The van der Waals surface area contributed by atoms with Crippen molar-refractivity contribution in [2.24, 2.45) is 0 Å². The summed E-state index contributed by atoms with van der Waals surface area (Å²) in [6.07, 6.45) is 1.54. The molecule has 0 saturated carbocycles. The Kier molecular flexibility index (Phi) is 4.97. The molecule has 10 heteroatoms. The molecule has 0 saturated heterocycles. The summed E-state index contributed by atoms with van der Waals surface area (Å²) in [5.41, 5.74) is 1.76. The molecule has 2 heterocycles. The summed E-state index contributed by atoms with van der Waals surface area (Å²) in [4.78, 5) is 13.5. The molecular formula is C18H14BrN5O3S. The Bertz CT molecular complexity index is 1140. The van der Waals surface area contributed by atoms with Gasteiger partial charge in [0.05, 0.1) is 25.5 Å². The third-order valence-electron chi connectivity index (χ3n) is 3.99. The van der Waals surface area contributed by atoms with Crippen LogP contribution in [0.5, 0.6) is 11.5 Å². The van der Waals surface area contributed by atoms with Gasteiger partial charge in [0.25, 0.3) is 5.91 Å². The number of amides is 1. The van der Waals surface area contributed by atoms with Gasteiger partial charge in [0.1, 0.15) is 22.8 Å². The van der Waals surface area contributed by atoms with E-state index in [9.17, 15) is 4.79 Å². The van der Waals surface area contributed by atoms with Crippen molar-refractivity contribution < 1.29 is 14.3 Å². The normalized spacial score (nSPS) is 10.8. The fourth-order valence-corrected chi connectivity index (χ4v) is 3.84. The van der Waals surface area contributed by atoms with Crippen LogP contribution in [0.3, 0.4) is 0 Å². The van der Waals surface area contributed by atoms with Crippen molar-refractivity contribution >= 4 is 43.8 Å². The molecule has 0 radical (unpaired) electrons. The van der Waals surface area contributed by atoms with Crippen LogP contribution in [-0.4, -0.2) is 39.9 Å². The summed E-state index contributed by atoms with van der Waals surface area (Å²) >= 11 is 4.78. The molecule has 0 aliphatic rings. The number of benzene rings is 2. The van der Waals surface area contributed by atoms with E-state index in [1.807, 2.05) is 18.2 Å². The van der Waals surface area contributed by atoms with E-state index in [2.05, 4.69) is 36.5 Å². The van der Waals surface area contributed by atoms with Gasteiger partial charge in [-0.3, -0.25) is 4.79 Å². The second-order valence-electron chi connectivity index (χ2n) is 5.68. The van der Waals surface area contributed by atoms with Crippen molar-refractivity contribution in [2.75, 3.05) is 19.5 Å². The first-order chi connectivity index (χ1) is 13.6. The Labute approximate surface area is 172 Å². The highest BCUT2D eigenvalue weighted by Crippen LogP contribution is 2.33. The minimum Gasteiger partial charge on any atom is -0.496 e. The molecule has 0 fully saturated rings. The summed E-state index contributed by atoms with van der Waals surface area (Å²) in [7, 11) is 3.07. The van der Waals surface area contributed by atoms with Crippen LogP contribution in [0, 0.1) is 0 Å². The lowest BCUT2D eigenvalue weighted by atomic mass is 10.1. The highest BCUT2D eigenvalue weighted by molar-refractivity contribution is 9.10. The Hall–Kier alpha value is -2.98. The number of rotatable bonds is 5. The molecule has 0 bridgehead atoms. The summed E-state index contributed by atoms with van der Waals surface area (Å²) in [5, 5.41) is 15.9. The van der Waals surface area contributed by atoms with Crippen molar-refractivity contribution in [3.63, 3.8) is 0 Å². The first-order valence-electron chi connectivity index (χ1n) is 8.09. The van der Waals surface area contributed by atoms with Crippen LogP contribution in [0.2, 0.25) is 0 Å². The van der Waals surface area contributed by atoms with Crippen LogP contribution in [0.1, 0.15) is 10.4 Å². The first-order valence-corrected chi connectivity index (χ1v) is 9.70. The third-order valence-corrected chi connectivity index (χ3v) is 5.44. The lowest BCUT2D eigenvalue weighted by Gasteiger charge is -2.13. The van der Waals surface area contributed by atoms with E-state index in [4.69, 9.17) is 9.47 Å². The fourth-order valence-electron chi connectivity index (χ4n) is 2.66. The smallest absolute Gasteiger partial charge is 0.259 e. The number of anilines is 1. The van der Waals surface area contributed by atoms with Gasteiger partial charge in [-0.25, -0.2) is 0 Å². The van der Waals surface area contributed by atoms with E-state index in [1.165, 1.54) is 18.4 Å². The lowest BCUT2D eigenvalue weighted by Crippen LogP contribution is -2.14. The molecule has 0 atom stereocenters. The molecule has 1 N–H and O–H groups in total.